The zero-order valence-corrected chi connectivity index (χ0v) is 23.1. The molecule has 0 spiro atoms. The molecule has 2 aromatic rings. The van der Waals surface area contributed by atoms with Gasteiger partial charge in [0.1, 0.15) is 11.2 Å². The number of carbonyl (C=O) groups is 1. The van der Waals surface area contributed by atoms with Crippen LogP contribution >= 0.6 is 23.2 Å². The average Bonchev–Trinajstić information content (AvgIpc) is 3.16. The second-order valence-corrected chi connectivity index (χ2v) is 11.6. The number of aliphatic hydroxyl groups is 2. The number of rotatable bonds is 9. The van der Waals surface area contributed by atoms with Crippen molar-refractivity contribution in [3.05, 3.63) is 63.6 Å². The van der Waals surface area contributed by atoms with Crippen LogP contribution in [-0.4, -0.2) is 54.6 Å². The Morgan fingerprint density at radius 3 is 2.54 bits per heavy atom. The third kappa shape index (κ3) is 6.39. The number of ether oxygens (including phenoxy) is 1. The fourth-order valence-corrected chi connectivity index (χ4v) is 5.63. The molecule has 1 aliphatic heterocycles. The summed E-state index contributed by atoms with van der Waals surface area (Å²) in [6.45, 7) is 6.06. The molecule has 0 radical (unpaired) electrons. The van der Waals surface area contributed by atoms with Crippen molar-refractivity contribution < 1.29 is 19.7 Å². The summed E-state index contributed by atoms with van der Waals surface area (Å²) < 4.78 is 5.71. The molecule has 3 rings (SSSR count). The van der Waals surface area contributed by atoms with Gasteiger partial charge in [-0.2, -0.15) is 5.26 Å². The van der Waals surface area contributed by atoms with E-state index >= 15 is 0 Å². The number of carbonyl (C=O) groups excluding carboxylic acids is 1. The highest BCUT2D eigenvalue weighted by Crippen LogP contribution is 2.53. The Bertz CT molecular complexity index is 1150. The number of aliphatic hydroxyl groups excluding tert-OH is 2. The number of halogens is 2. The van der Waals surface area contributed by atoms with Crippen LogP contribution in [0.4, 0.5) is 0 Å². The molecular formula is C28H35Cl2N3O4. The van der Waals surface area contributed by atoms with Gasteiger partial charge in [-0.15, -0.1) is 0 Å². The van der Waals surface area contributed by atoms with E-state index in [-0.39, 0.29) is 30.9 Å². The normalized spacial score (nSPS) is 24.4. The molecule has 1 saturated heterocycles. The lowest BCUT2D eigenvalue weighted by molar-refractivity contribution is -0.123. The molecule has 1 amide bonds. The van der Waals surface area contributed by atoms with Gasteiger partial charge in [-0.1, -0.05) is 62.2 Å². The van der Waals surface area contributed by atoms with Crippen LogP contribution in [0.15, 0.2) is 42.5 Å². The standard InChI is InChI=1S/C28H35Cl2N3O4/c1-27(2,3)14-23-28(16-31,21-9-8-19(30)13-22(21)37-4)24(17-6-5-7-18(29)12-17)25(33-23)26(36)32-11-10-20(35)15-34/h5-9,12-13,20,23-25,33-35H,10-11,14-15H2,1-4H3,(H,32,36)/t20-,23-,24-,25-,28-/m0/s1. The lowest BCUT2D eigenvalue weighted by atomic mass is 9.62. The third-order valence-electron chi connectivity index (χ3n) is 6.84. The molecule has 0 bridgehead atoms. The highest BCUT2D eigenvalue weighted by Gasteiger charge is 2.60. The SMILES string of the molecule is COc1cc(Cl)ccc1[C@@]1(C#N)[C@H](CC(C)(C)C)N[C@H](C(=O)NCC[C@H](O)CO)[C@@H]1c1cccc(Cl)c1. The summed E-state index contributed by atoms with van der Waals surface area (Å²) in [5, 5.41) is 37.2. The number of nitrogens with zero attached hydrogens (tertiary/aromatic N) is 1. The molecule has 2 aromatic carbocycles. The van der Waals surface area contributed by atoms with E-state index in [0.29, 0.717) is 27.8 Å². The Kier molecular flexibility index (Phi) is 9.49. The van der Waals surface area contributed by atoms with Gasteiger partial charge in [-0.25, -0.2) is 0 Å². The predicted molar refractivity (Wildman–Crippen MR) is 145 cm³/mol. The van der Waals surface area contributed by atoms with Crippen LogP contribution in [0.1, 0.15) is 50.7 Å². The van der Waals surface area contributed by atoms with E-state index < -0.39 is 29.5 Å². The van der Waals surface area contributed by atoms with Gasteiger partial charge in [0.2, 0.25) is 5.91 Å². The van der Waals surface area contributed by atoms with E-state index in [1.165, 1.54) is 7.11 Å². The topological polar surface area (TPSA) is 115 Å². The maximum Gasteiger partial charge on any atom is 0.237 e. The Hall–Kier alpha value is -2.34. The van der Waals surface area contributed by atoms with Gasteiger partial charge >= 0.3 is 0 Å². The highest BCUT2D eigenvalue weighted by atomic mass is 35.5. The van der Waals surface area contributed by atoms with Crippen molar-refractivity contribution in [3.63, 3.8) is 0 Å². The van der Waals surface area contributed by atoms with Gasteiger partial charge in [-0.3, -0.25) is 4.79 Å². The molecule has 200 valence electrons. The molecule has 9 heteroatoms. The van der Waals surface area contributed by atoms with Crippen molar-refractivity contribution in [2.75, 3.05) is 20.3 Å². The summed E-state index contributed by atoms with van der Waals surface area (Å²) in [5.74, 6) is -0.464. The predicted octanol–water partition coefficient (Wildman–Crippen LogP) is 4.18. The van der Waals surface area contributed by atoms with Gasteiger partial charge in [0.05, 0.1) is 31.9 Å². The number of nitriles is 1. The number of methoxy groups -OCH3 is 1. The van der Waals surface area contributed by atoms with Gasteiger partial charge in [0, 0.05) is 34.1 Å². The van der Waals surface area contributed by atoms with Crippen molar-refractivity contribution in [2.45, 2.75) is 63.1 Å². The summed E-state index contributed by atoms with van der Waals surface area (Å²) in [5.41, 5.74) is 0.000215. The zero-order valence-electron chi connectivity index (χ0n) is 21.6. The molecule has 5 atom stereocenters. The monoisotopic (exact) mass is 547 g/mol. The second-order valence-electron chi connectivity index (χ2n) is 10.7. The molecule has 1 fully saturated rings. The molecule has 0 aliphatic carbocycles. The van der Waals surface area contributed by atoms with Crippen LogP contribution in [0.5, 0.6) is 5.75 Å². The molecule has 0 aromatic heterocycles. The largest absolute Gasteiger partial charge is 0.496 e. The van der Waals surface area contributed by atoms with Crippen LogP contribution in [0.2, 0.25) is 10.0 Å². The molecule has 37 heavy (non-hydrogen) atoms. The summed E-state index contributed by atoms with van der Waals surface area (Å²) in [7, 11) is 1.53. The zero-order chi connectivity index (χ0) is 27.4. The van der Waals surface area contributed by atoms with E-state index in [4.69, 9.17) is 33.0 Å². The Labute approximate surface area is 228 Å². The van der Waals surface area contributed by atoms with Gasteiger partial charge in [-0.05, 0) is 48.1 Å². The summed E-state index contributed by atoms with van der Waals surface area (Å²) in [6.07, 6.45) is -0.127. The smallest absolute Gasteiger partial charge is 0.237 e. The minimum Gasteiger partial charge on any atom is -0.496 e. The molecule has 1 heterocycles. The van der Waals surface area contributed by atoms with Crippen molar-refractivity contribution in [3.8, 4) is 11.8 Å². The fraction of sp³-hybridized carbons (Fsp3) is 0.500. The van der Waals surface area contributed by atoms with Gasteiger partial charge in [0.25, 0.3) is 0 Å². The summed E-state index contributed by atoms with van der Waals surface area (Å²) >= 11 is 12.7. The van der Waals surface area contributed by atoms with Gasteiger partial charge < -0.3 is 25.6 Å². The van der Waals surface area contributed by atoms with Crippen LogP contribution in [0.25, 0.3) is 0 Å². The first kappa shape index (κ1) is 29.2. The van der Waals surface area contributed by atoms with Crippen molar-refractivity contribution in [1.29, 1.82) is 5.26 Å². The number of nitrogens with one attached hydrogen (secondary N) is 2. The summed E-state index contributed by atoms with van der Waals surface area (Å²) in [6, 6.07) is 13.9. The lowest BCUT2D eigenvalue weighted by Crippen LogP contribution is -2.46. The highest BCUT2D eigenvalue weighted by molar-refractivity contribution is 6.31. The quantitative estimate of drug-likeness (QED) is 0.374. The maximum absolute atomic E-state index is 13.6. The van der Waals surface area contributed by atoms with E-state index in [2.05, 4.69) is 37.5 Å². The van der Waals surface area contributed by atoms with E-state index in [1.54, 1.807) is 30.3 Å². The fourth-order valence-electron chi connectivity index (χ4n) is 5.27. The first-order valence-corrected chi connectivity index (χ1v) is 13.1. The van der Waals surface area contributed by atoms with E-state index in [0.717, 1.165) is 5.56 Å². The van der Waals surface area contributed by atoms with Crippen molar-refractivity contribution in [1.82, 2.24) is 10.6 Å². The first-order chi connectivity index (χ1) is 17.5. The van der Waals surface area contributed by atoms with Crippen molar-refractivity contribution in [2.24, 2.45) is 5.41 Å². The number of amides is 1. The maximum atomic E-state index is 13.6. The summed E-state index contributed by atoms with van der Waals surface area (Å²) in [4.78, 5) is 13.6. The van der Waals surface area contributed by atoms with E-state index in [9.17, 15) is 15.2 Å². The van der Waals surface area contributed by atoms with Crippen LogP contribution in [-0.2, 0) is 10.2 Å². The lowest BCUT2D eigenvalue weighted by Gasteiger charge is -2.38. The number of benzene rings is 2. The molecular weight excluding hydrogens is 513 g/mol. The number of hydrogen-bond acceptors (Lipinski definition) is 6. The van der Waals surface area contributed by atoms with Crippen LogP contribution in [0, 0.1) is 16.7 Å². The number of hydrogen-bond donors (Lipinski definition) is 4. The Morgan fingerprint density at radius 2 is 1.95 bits per heavy atom. The average molecular weight is 549 g/mol. The third-order valence-corrected chi connectivity index (χ3v) is 7.31. The van der Waals surface area contributed by atoms with Crippen LogP contribution < -0.4 is 15.4 Å². The molecule has 7 nitrogen and oxygen atoms in total. The minimum atomic E-state index is -1.21. The molecule has 0 unspecified atom stereocenters. The van der Waals surface area contributed by atoms with E-state index in [1.807, 2.05) is 12.1 Å². The van der Waals surface area contributed by atoms with Gasteiger partial charge in [0.15, 0.2) is 0 Å². The Balaban J connectivity index is 2.22. The first-order valence-electron chi connectivity index (χ1n) is 12.3. The second kappa shape index (κ2) is 12.0. The molecule has 0 saturated carbocycles. The molecule has 1 aliphatic rings. The van der Waals surface area contributed by atoms with Crippen molar-refractivity contribution >= 4 is 29.1 Å². The Morgan fingerprint density at radius 1 is 1.24 bits per heavy atom. The van der Waals surface area contributed by atoms with Crippen LogP contribution in [0.3, 0.4) is 0 Å². The molecule has 4 N–H and O–H groups in total. The minimum absolute atomic E-state index is 0.172.